The highest BCUT2D eigenvalue weighted by atomic mass is 16.5. The van der Waals surface area contributed by atoms with E-state index in [0.717, 1.165) is 25.2 Å². The monoisotopic (exact) mass is 463 g/mol. The molecule has 0 aliphatic carbocycles. The van der Waals surface area contributed by atoms with Gasteiger partial charge in [-0.05, 0) is 50.0 Å². The molecular weight excluding hydrogens is 434 g/mol. The summed E-state index contributed by atoms with van der Waals surface area (Å²) >= 11 is 0. The van der Waals surface area contributed by atoms with Crippen molar-refractivity contribution >= 4 is 22.8 Å². The summed E-state index contributed by atoms with van der Waals surface area (Å²) < 4.78 is 10.2. The molecule has 178 valence electrons. The van der Waals surface area contributed by atoms with Gasteiger partial charge in [0.15, 0.2) is 0 Å². The fraction of sp³-hybridized carbons (Fsp3) is 0.346. The van der Waals surface area contributed by atoms with E-state index < -0.39 is 17.6 Å². The van der Waals surface area contributed by atoms with Crippen LogP contribution in [-0.4, -0.2) is 48.6 Å². The van der Waals surface area contributed by atoms with E-state index in [0.29, 0.717) is 29.5 Å². The van der Waals surface area contributed by atoms with Crippen molar-refractivity contribution < 1.29 is 19.1 Å². The third-order valence-corrected chi connectivity index (χ3v) is 6.22. The van der Waals surface area contributed by atoms with Gasteiger partial charge in [-0.25, -0.2) is 15.0 Å². The predicted octanol–water partition coefficient (Wildman–Crippen LogP) is 4.22. The van der Waals surface area contributed by atoms with E-state index in [4.69, 9.17) is 4.42 Å². The number of hydrogen-bond donors (Lipinski definition) is 2. The molecule has 2 heterocycles. The third-order valence-electron chi connectivity index (χ3n) is 6.22. The molecule has 1 saturated heterocycles. The minimum atomic E-state index is -0.664. The van der Waals surface area contributed by atoms with Crippen LogP contribution in [0, 0.1) is 0 Å². The van der Waals surface area contributed by atoms with Gasteiger partial charge in [0.05, 0.1) is 18.1 Å². The Bertz CT molecular complexity index is 1220. The molecule has 2 N–H and O–H groups in total. The average molecular weight is 464 g/mol. The van der Waals surface area contributed by atoms with Gasteiger partial charge in [0.1, 0.15) is 11.3 Å². The lowest BCUT2D eigenvalue weighted by atomic mass is 9.86. The SMILES string of the molecule is COC(=O)N/N=C(/CCN1CCCC1)C[C@@H](c1ccccc1)c1c(O)c2ccccc2oc1=O. The van der Waals surface area contributed by atoms with Crippen molar-refractivity contribution in [2.45, 2.75) is 31.6 Å². The molecule has 2 aromatic carbocycles. The minimum Gasteiger partial charge on any atom is -0.507 e. The van der Waals surface area contributed by atoms with Gasteiger partial charge < -0.3 is 19.2 Å². The zero-order valence-electron chi connectivity index (χ0n) is 19.2. The number of aromatic hydroxyl groups is 1. The predicted molar refractivity (Wildman–Crippen MR) is 130 cm³/mol. The summed E-state index contributed by atoms with van der Waals surface area (Å²) in [6, 6.07) is 16.4. The number of nitrogens with zero attached hydrogens (tertiary/aromatic N) is 2. The highest BCUT2D eigenvalue weighted by Gasteiger charge is 2.27. The smallest absolute Gasteiger partial charge is 0.427 e. The highest BCUT2D eigenvalue weighted by Crippen LogP contribution is 2.36. The van der Waals surface area contributed by atoms with E-state index in [1.807, 2.05) is 30.3 Å². The maximum Gasteiger partial charge on any atom is 0.427 e. The first-order valence-electron chi connectivity index (χ1n) is 11.5. The lowest BCUT2D eigenvalue weighted by Gasteiger charge is -2.21. The van der Waals surface area contributed by atoms with E-state index in [1.54, 1.807) is 24.3 Å². The van der Waals surface area contributed by atoms with Gasteiger partial charge in [-0.15, -0.1) is 0 Å². The second-order valence-corrected chi connectivity index (χ2v) is 8.40. The summed E-state index contributed by atoms with van der Waals surface area (Å²) in [6.07, 6.45) is 2.60. The maximum atomic E-state index is 13.1. The van der Waals surface area contributed by atoms with E-state index in [9.17, 15) is 14.7 Å². The number of hydrazone groups is 1. The number of carbonyl (C=O) groups excluding carboxylic acids is 1. The number of methoxy groups -OCH3 is 1. The molecule has 1 aromatic heterocycles. The number of rotatable bonds is 8. The molecule has 0 saturated carbocycles. The fourth-order valence-electron chi connectivity index (χ4n) is 4.43. The van der Waals surface area contributed by atoms with Crippen LogP contribution in [0.15, 0.2) is 68.9 Å². The average Bonchev–Trinajstić information content (AvgIpc) is 3.38. The number of para-hydroxylation sites is 1. The van der Waals surface area contributed by atoms with Crippen LogP contribution in [0.4, 0.5) is 4.79 Å². The Morgan fingerprint density at radius 3 is 2.59 bits per heavy atom. The molecular formula is C26H29N3O5. The quantitative estimate of drug-likeness (QED) is 0.294. The summed E-state index contributed by atoms with van der Waals surface area (Å²) in [5, 5.41) is 15.9. The zero-order chi connectivity index (χ0) is 23.9. The molecule has 8 heteroatoms. The summed E-state index contributed by atoms with van der Waals surface area (Å²) in [5.74, 6) is -0.612. The number of ether oxygens (including phenoxy) is 1. The molecule has 0 radical (unpaired) electrons. The van der Waals surface area contributed by atoms with Crippen molar-refractivity contribution in [1.82, 2.24) is 10.3 Å². The Labute approximate surface area is 197 Å². The number of fused-ring (bicyclic) bond motifs is 1. The number of nitrogens with one attached hydrogen (secondary N) is 1. The standard InChI is InChI=1S/C26H29N3O5/c1-33-26(32)28-27-19(13-16-29-14-7-8-15-29)17-21(18-9-3-2-4-10-18)23-24(30)20-11-5-6-12-22(20)34-25(23)31/h2-6,9-12,21,30H,7-8,13-17H2,1H3,(H,28,32)/b27-19-/t21-/m0/s1. The molecule has 1 aliphatic heterocycles. The summed E-state index contributed by atoms with van der Waals surface area (Å²) in [5.41, 5.74) is 3.87. The number of hydrogen-bond acceptors (Lipinski definition) is 7. The van der Waals surface area contributed by atoms with Crippen LogP contribution < -0.4 is 11.1 Å². The first-order chi connectivity index (χ1) is 16.6. The topological polar surface area (TPSA) is 104 Å². The maximum absolute atomic E-state index is 13.1. The number of likely N-dealkylation sites (tertiary alicyclic amines) is 1. The number of benzene rings is 2. The summed E-state index contributed by atoms with van der Waals surface area (Å²) in [7, 11) is 1.28. The lowest BCUT2D eigenvalue weighted by Crippen LogP contribution is -2.26. The second kappa shape index (κ2) is 11.0. The van der Waals surface area contributed by atoms with Crippen molar-refractivity contribution in [2.75, 3.05) is 26.7 Å². The molecule has 1 amide bonds. The van der Waals surface area contributed by atoms with Crippen LogP contribution in [-0.2, 0) is 4.74 Å². The van der Waals surface area contributed by atoms with Crippen LogP contribution in [0.25, 0.3) is 11.0 Å². The molecule has 34 heavy (non-hydrogen) atoms. The largest absolute Gasteiger partial charge is 0.507 e. The van der Waals surface area contributed by atoms with Crippen molar-refractivity contribution in [3.63, 3.8) is 0 Å². The van der Waals surface area contributed by atoms with Gasteiger partial charge in [-0.1, -0.05) is 42.5 Å². The highest BCUT2D eigenvalue weighted by molar-refractivity contribution is 5.88. The minimum absolute atomic E-state index is 0.0967. The Morgan fingerprint density at radius 2 is 1.85 bits per heavy atom. The molecule has 1 atom stereocenters. The molecule has 0 unspecified atom stereocenters. The summed E-state index contributed by atoms with van der Waals surface area (Å²) in [4.78, 5) is 27.1. The fourth-order valence-corrected chi connectivity index (χ4v) is 4.43. The van der Waals surface area contributed by atoms with Gasteiger partial charge >= 0.3 is 11.7 Å². The Morgan fingerprint density at radius 1 is 1.15 bits per heavy atom. The molecule has 4 rings (SSSR count). The molecule has 8 nitrogen and oxygen atoms in total. The molecule has 0 spiro atoms. The normalized spacial score (nSPS) is 15.4. The first kappa shape index (κ1) is 23.5. The van der Waals surface area contributed by atoms with Gasteiger partial charge in [0.25, 0.3) is 0 Å². The van der Waals surface area contributed by atoms with Gasteiger partial charge in [-0.3, -0.25) is 0 Å². The Kier molecular flexibility index (Phi) is 7.59. The van der Waals surface area contributed by atoms with E-state index >= 15 is 0 Å². The van der Waals surface area contributed by atoms with Crippen molar-refractivity contribution in [3.05, 3.63) is 76.1 Å². The van der Waals surface area contributed by atoms with Gasteiger partial charge in [0.2, 0.25) is 0 Å². The van der Waals surface area contributed by atoms with Crippen molar-refractivity contribution in [1.29, 1.82) is 0 Å². The second-order valence-electron chi connectivity index (χ2n) is 8.40. The van der Waals surface area contributed by atoms with E-state index in [1.165, 1.54) is 20.0 Å². The van der Waals surface area contributed by atoms with E-state index in [2.05, 4.69) is 20.2 Å². The zero-order valence-corrected chi connectivity index (χ0v) is 19.2. The van der Waals surface area contributed by atoms with Gasteiger partial charge in [0, 0.05) is 24.6 Å². The van der Waals surface area contributed by atoms with Crippen molar-refractivity contribution in [2.24, 2.45) is 5.10 Å². The number of amides is 1. The Balaban J connectivity index is 1.73. The molecule has 1 fully saturated rings. The van der Waals surface area contributed by atoms with Crippen LogP contribution in [0.1, 0.15) is 42.7 Å². The molecule has 3 aromatic rings. The third kappa shape index (κ3) is 5.46. The first-order valence-corrected chi connectivity index (χ1v) is 11.5. The lowest BCUT2D eigenvalue weighted by molar-refractivity contribution is 0.171. The van der Waals surface area contributed by atoms with Crippen LogP contribution in [0.2, 0.25) is 0 Å². The van der Waals surface area contributed by atoms with Crippen LogP contribution in [0.3, 0.4) is 0 Å². The van der Waals surface area contributed by atoms with Crippen LogP contribution >= 0.6 is 0 Å². The summed E-state index contributed by atoms with van der Waals surface area (Å²) in [6.45, 7) is 2.87. The molecule has 0 bridgehead atoms. The molecule has 1 aliphatic rings. The van der Waals surface area contributed by atoms with Gasteiger partial charge in [-0.2, -0.15) is 5.10 Å². The number of carbonyl (C=O) groups is 1. The van der Waals surface area contributed by atoms with E-state index in [-0.39, 0.29) is 11.3 Å². The van der Waals surface area contributed by atoms with Crippen molar-refractivity contribution in [3.8, 4) is 5.75 Å². The Hall–Kier alpha value is -3.65. The van der Waals surface area contributed by atoms with Crippen LogP contribution in [0.5, 0.6) is 5.75 Å².